The van der Waals surface area contributed by atoms with E-state index in [0.717, 1.165) is 0 Å². The van der Waals surface area contributed by atoms with Crippen LogP contribution in [0.25, 0.3) is 11.2 Å². The molecule has 0 aliphatic carbocycles. The SMILES string of the molecule is Cn1c(=S)[nH]c2c(=O)[nH]c(N)nc21. The molecule has 0 radical (unpaired) electrons. The van der Waals surface area contributed by atoms with E-state index < -0.39 is 0 Å². The van der Waals surface area contributed by atoms with Crippen molar-refractivity contribution in [3.8, 4) is 0 Å². The Labute approximate surface area is 77.4 Å². The minimum Gasteiger partial charge on any atom is -0.369 e. The fourth-order valence-corrected chi connectivity index (χ4v) is 1.31. The van der Waals surface area contributed by atoms with E-state index in [0.29, 0.717) is 15.9 Å². The Morgan fingerprint density at radius 1 is 1.54 bits per heavy atom. The molecule has 13 heavy (non-hydrogen) atoms. The predicted octanol–water partition coefficient (Wildman–Crippen LogP) is -0.0986. The van der Waals surface area contributed by atoms with Gasteiger partial charge in [0.1, 0.15) is 0 Å². The molecule has 0 bridgehead atoms. The van der Waals surface area contributed by atoms with Crippen LogP contribution in [-0.2, 0) is 7.05 Å². The van der Waals surface area contributed by atoms with Crippen LogP contribution in [0.15, 0.2) is 4.79 Å². The Balaban J connectivity index is 3.12. The molecule has 6 nitrogen and oxygen atoms in total. The number of aromatic nitrogens is 4. The first-order valence-corrected chi connectivity index (χ1v) is 3.95. The van der Waals surface area contributed by atoms with Gasteiger partial charge in [0.15, 0.2) is 15.9 Å². The zero-order valence-electron chi connectivity index (χ0n) is 6.79. The molecule has 0 saturated heterocycles. The highest BCUT2D eigenvalue weighted by Crippen LogP contribution is 2.05. The summed E-state index contributed by atoms with van der Waals surface area (Å²) >= 11 is 4.93. The molecular weight excluding hydrogens is 190 g/mol. The molecule has 68 valence electrons. The zero-order chi connectivity index (χ0) is 9.59. The maximum Gasteiger partial charge on any atom is 0.278 e. The highest BCUT2D eigenvalue weighted by Gasteiger charge is 2.06. The average Bonchev–Trinajstić information content (AvgIpc) is 2.32. The molecule has 0 saturated carbocycles. The number of nitrogens with two attached hydrogens (primary N) is 1. The topological polar surface area (TPSA) is 92.5 Å². The maximum absolute atomic E-state index is 11.3. The van der Waals surface area contributed by atoms with Crippen molar-refractivity contribution < 1.29 is 0 Å². The molecule has 0 aliphatic rings. The lowest BCUT2D eigenvalue weighted by Crippen LogP contribution is -2.11. The third-order valence-electron chi connectivity index (χ3n) is 1.77. The number of fused-ring (bicyclic) bond motifs is 1. The number of anilines is 1. The lowest BCUT2D eigenvalue weighted by molar-refractivity contribution is 0.910. The molecule has 0 amide bonds. The maximum atomic E-state index is 11.3. The Morgan fingerprint density at radius 2 is 2.23 bits per heavy atom. The largest absolute Gasteiger partial charge is 0.369 e. The first-order chi connectivity index (χ1) is 6.09. The van der Waals surface area contributed by atoms with E-state index in [1.54, 1.807) is 11.6 Å². The number of aromatic amines is 2. The Morgan fingerprint density at radius 3 is 2.92 bits per heavy atom. The van der Waals surface area contributed by atoms with Gasteiger partial charge < -0.3 is 15.3 Å². The molecule has 0 unspecified atom stereocenters. The zero-order valence-corrected chi connectivity index (χ0v) is 7.60. The molecule has 0 spiro atoms. The Kier molecular flexibility index (Phi) is 1.49. The van der Waals surface area contributed by atoms with Crippen LogP contribution in [0.3, 0.4) is 0 Å². The summed E-state index contributed by atoms with van der Waals surface area (Å²) in [7, 11) is 1.72. The van der Waals surface area contributed by atoms with Gasteiger partial charge in [0, 0.05) is 7.05 Å². The number of hydrogen-bond acceptors (Lipinski definition) is 4. The van der Waals surface area contributed by atoms with Gasteiger partial charge in [-0.15, -0.1) is 0 Å². The van der Waals surface area contributed by atoms with Crippen molar-refractivity contribution in [2.45, 2.75) is 0 Å². The fourth-order valence-electron chi connectivity index (χ4n) is 1.12. The normalized spacial score (nSPS) is 10.8. The summed E-state index contributed by atoms with van der Waals surface area (Å²) in [5.74, 6) is 0.0853. The van der Waals surface area contributed by atoms with Gasteiger partial charge in [-0.3, -0.25) is 9.78 Å². The van der Waals surface area contributed by atoms with Gasteiger partial charge >= 0.3 is 0 Å². The van der Waals surface area contributed by atoms with Crippen molar-refractivity contribution in [1.82, 2.24) is 19.5 Å². The minimum atomic E-state index is -0.311. The van der Waals surface area contributed by atoms with Gasteiger partial charge in [-0.2, -0.15) is 4.98 Å². The quantitative estimate of drug-likeness (QED) is 0.514. The van der Waals surface area contributed by atoms with Gasteiger partial charge in [0.05, 0.1) is 0 Å². The summed E-state index contributed by atoms with van der Waals surface area (Å²) in [5, 5.41) is 0. The number of rotatable bonds is 0. The van der Waals surface area contributed by atoms with Crippen molar-refractivity contribution in [3.63, 3.8) is 0 Å². The second-order valence-electron chi connectivity index (χ2n) is 2.64. The predicted molar refractivity (Wildman–Crippen MR) is 50.9 cm³/mol. The molecule has 0 fully saturated rings. The summed E-state index contributed by atoms with van der Waals surface area (Å²) in [6.07, 6.45) is 0. The van der Waals surface area contributed by atoms with Crippen LogP contribution in [0, 0.1) is 4.77 Å². The molecule has 0 aromatic carbocycles. The second kappa shape index (κ2) is 2.43. The van der Waals surface area contributed by atoms with E-state index in [4.69, 9.17) is 18.0 Å². The average molecular weight is 197 g/mol. The molecule has 0 atom stereocenters. The van der Waals surface area contributed by atoms with Crippen molar-refractivity contribution >= 4 is 29.3 Å². The van der Waals surface area contributed by atoms with Crippen molar-refractivity contribution in [1.29, 1.82) is 0 Å². The molecule has 2 heterocycles. The summed E-state index contributed by atoms with van der Waals surface area (Å²) in [4.78, 5) is 20.4. The third kappa shape index (κ3) is 1.04. The van der Waals surface area contributed by atoms with Crippen LogP contribution in [-0.4, -0.2) is 19.5 Å². The van der Waals surface area contributed by atoms with Gasteiger partial charge in [-0.1, -0.05) is 0 Å². The van der Waals surface area contributed by atoms with Crippen molar-refractivity contribution in [2.75, 3.05) is 5.73 Å². The van der Waals surface area contributed by atoms with Gasteiger partial charge in [0.25, 0.3) is 5.56 Å². The number of imidazole rings is 1. The first kappa shape index (κ1) is 7.99. The first-order valence-electron chi connectivity index (χ1n) is 3.54. The van der Waals surface area contributed by atoms with Gasteiger partial charge in [0.2, 0.25) is 5.95 Å². The fraction of sp³-hybridized carbons (Fsp3) is 0.167. The molecule has 7 heteroatoms. The van der Waals surface area contributed by atoms with Crippen LogP contribution in [0.5, 0.6) is 0 Å². The molecule has 4 N–H and O–H groups in total. The van der Waals surface area contributed by atoms with Crippen LogP contribution in [0.4, 0.5) is 5.95 Å². The smallest absolute Gasteiger partial charge is 0.278 e. The Bertz CT molecular complexity index is 577. The van der Waals surface area contributed by atoms with Crippen LogP contribution in [0.2, 0.25) is 0 Å². The molecule has 2 aromatic heterocycles. The monoisotopic (exact) mass is 197 g/mol. The summed E-state index contributed by atoms with van der Waals surface area (Å²) < 4.78 is 2.04. The summed E-state index contributed by atoms with van der Waals surface area (Å²) in [6.45, 7) is 0. The number of nitrogens with zero attached hydrogens (tertiary/aromatic N) is 2. The minimum absolute atomic E-state index is 0.0853. The van der Waals surface area contributed by atoms with Crippen molar-refractivity contribution in [3.05, 3.63) is 15.1 Å². The summed E-state index contributed by atoms with van der Waals surface area (Å²) in [5.41, 5.74) is 5.88. The molecule has 2 rings (SSSR count). The number of aryl methyl sites for hydroxylation is 1. The molecule has 0 aliphatic heterocycles. The van der Waals surface area contributed by atoms with E-state index in [2.05, 4.69) is 15.0 Å². The highest BCUT2D eigenvalue weighted by atomic mass is 32.1. The molecular formula is C6H7N5OS. The number of hydrogen-bond donors (Lipinski definition) is 3. The molecule has 2 aromatic rings. The lowest BCUT2D eigenvalue weighted by atomic mass is 10.5. The van der Waals surface area contributed by atoms with Crippen LogP contribution in [0.1, 0.15) is 0 Å². The van der Waals surface area contributed by atoms with Crippen LogP contribution >= 0.6 is 12.2 Å². The Hall–Kier alpha value is -1.63. The standard InChI is InChI=1S/C6H7N5OS/c1-11-3-2(8-6(11)13)4(12)10-5(7)9-3/h1H3,(H,8,13)(H3,7,9,10,12). The van der Waals surface area contributed by atoms with E-state index in [1.165, 1.54) is 0 Å². The van der Waals surface area contributed by atoms with Gasteiger partial charge in [-0.05, 0) is 12.2 Å². The van der Waals surface area contributed by atoms with Crippen molar-refractivity contribution in [2.24, 2.45) is 7.05 Å². The summed E-state index contributed by atoms with van der Waals surface area (Å²) in [6, 6.07) is 0. The van der Waals surface area contributed by atoms with E-state index in [-0.39, 0.29) is 11.5 Å². The van der Waals surface area contributed by atoms with E-state index >= 15 is 0 Å². The number of nitrogens with one attached hydrogen (secondary N) is 2. The third-order valence-corrected chi connectivity index (χ3v) is 2.15. The van der Waals surface area contributed by atoms with E-state index in [1.807, 2.05) is 0 Å². The highest BCUT2D eigenvalue weighted by molar-refractivity contribution is 7.71. The number of H-pyrrole nitrogens is 2. The van der Waals surface area contributed by atoms with Crippen LogP contribution < -0.4 is 11.3 Å². The number of nitrogen functional groups attached to an aromatic ring is 1. The van der Waals surface area contributed by atoms with Gasteiger partial charge in [-0.25, -0.2) is 0 Å². The second-order valence-corrected chi connectivity index (χ2v) is 3.03. The lowest BCUT2D eigenvalue weighted by Gasteiger charge is -1.94. The van der Waals surface area contributed by atoms with E-state index in [9.17, 15) is 4.79 Å².